The summed E-state index contributed by atoms with van der Waals surface area (Å²) in [6.45, 7) is 1.91. The fourth-order valence-electron chi connectivity index (χ4n) is 2.70. The first kappa shape index (κ1) is 16.5. The summed E-state index contributed by atoms with van der Waals surface area (Å²) in [6, 6.07) is 5.46. The number of piperidine rings is 1. The smallest absolute Gasteiger partial charge is 0.246 e. The molecule has 8 heteroatoms. The average molecular weight is 331 g/mol. The van der Waals surface area contributed by atoms with Gasteiger partial charge in [-0.15, -0.1) is 0 Å². The van der Waals surface area contributed by atoms with E-state index in [-0.39, 0.29) is 25.1 Å². The number of nitrogens with zero attached hydrogens (tertiary/aromatic N) is 5. The molecule has 128 valence electrons. The molecule has 3 heterocycles. The van der Waals surface area contributed by atoms with E-state index >= 15 is 0 Å². The molecule has 1 N–H and O–H groups in total. The van der Waals surface area contributed by atoms with Crippen LogP contribution in [0.4, 0.5) is 0 Å². The maximum Gasteiger partial charge on any atom is 0.246 e. The van der Waals surface area contributed by atoms with Gasteiger partial charge in [0.1, 0.15) is 5.69 Å². The maximum atomic E-state index is 12.3. The number of carbonyl (C=O) groups is 1. The number of amides is 1. The molecular weight excluding hydrogens is 310 g/mol. The number of hydrogen-bond donors (Lipinski definition) is 1. The Kier molecular flexibility index (Phi) is 5.17. The van der Waals surface area contributed by atoms with E-state index in [4.69, 9.17) is 4.52 Å². The number of likely N-dealkylation sites (N-methyl/N-ethyl adjacent to an activating group) is 1. The van der Waals surface area contributed by atoms with Gasteiger partial charge in [-0.25, -0.2) is 0 Å². The van der Waals surface area contributed by atoms with E-state index in [0.717, 1.165) is 19.4 Å². The molecule has 1 aliphatic rings. The fraction of sp³-hybridized carbons (Fsp3) is 0.500. The summed E-state index contributed by atoms with van der Waals surface area (Å²) in [6.07, 6.45) is 3.04. The van der Waals surface area contributed by atoms with Crippen molar-refractivity contribution in [1.82, 2.24) is 24.9 Å². The quantitative estimate of drug-likeness (QED) is 0.854. The van der Waals surface area contributed by atoms with Crippen molar-refractivity contribution in [2.75, 3.05) is 26.7 Å². The number of pyridine rings is 1. The van der Waals surface area contributed by atoms with Crippen LogP contribution in [-0.4, -0.2) is 68.7 Å². The lowest BCUT2D eigenvalue weighted by atomic mass is 10.1. The van der Waals surface area contributed by atoms with Crippen LogP contribution in [0.5, 0.6) is 0 Å². The minimum absolute atomic E-state index is 0.0401. The standard InChI is InChI=1S/C16H21N5O3/c1-20(15(23)11-21-8-4-5-12(22)9-21)10-14-18-16(19-24-14)13-6-2-3-7-17-13/h2-3,6-7,12,22H,4-5,8-11H2,1H3. The van der Waals surface area contributed by atoms with Gasteiger partial charge in [0.25, 0.3) is 0 Å². The molecule has 3 rings (SSSR count). The monoisotopic (exact) mass is 331 g/mol. The lowest BCUT2D eigenvalue weighted by Gasteiger charge is -2.30. The summed E-state index contributed by atoms with van der Waals surface area (Å²) in [7, 11) is 1.70. The summed E-state index contributed by atoms with van der Waals surface area (Å²) >= 11 is 0. The highest BCUT2D eigenvalue weighted by Crippen LogP contribution is 2.13. The maximum absolute atomic E-state index is 12.3. The Bertz CT molecular complexity index is 675. The van der Waals surface area contributed by atoms with Gasteiger partial charge < -0.3 is 14.5 Å². The average Bonchev–Trinajstić information content (AvgIpc) is 3.04. The molecule has 8 nitrogen and oxygen atoms in total. The third-order valence-corrected chi connectivity index (χ3v) is 4.00. The number of aliphatic hydroxyl groups excluding tert-OH is 1. The van der Waals surface area contributed by atoms with Crippen LogP contribution in [0.25, 0.3) is 11.5 Å². The van der Waals surface area contributed by atoms with Crippen LogP contribution >= 0.6 is 0 Å². The van der Waals surface area contributed by atoms with Crippen LogP contribution < -0.4 is 0 Å². The molecule has 1 aliphatic heterocycles. The molecule has 1 unspecified atom stereocenters. The minimum atomic E-state index is -0.339. The topological polar surface area (TPSA) is 95.6 Å². The van der Waals surface area contributed by atoms with E-state index in [2.05, 4.69) is 15.1 Å². The molecule has 1 fully saturated rings. The van der Waals surface area contributed by atoms with Gasteiger partial charge >= 0.3 is 0 Å². The van der Waals surface area contributed by atoms with Crippen LogP contribution in [0, 0.1) is 0 Å². The van der Waals surface area contributed by atoms with E-state index in [0.29, 0.717) is 24.0 Å². The Morgan fingerprint density at radius 1 is 1.50 bits per heavy atom. The third-order valence-electron chi connectivity index (χ3n) is 4.00. The van der Waals surface area contributed by atoms with Gasteiger partial charge in [0.2, 0.25) is 17.6 Å². The summed E-state index contributed by atoms with van der Waals surface area (Å²) in [4.78, 5) is 24.3. The SMILES string of the molecule is CN(Cc1nc(-c2ccccn2)no1)C(=O)CN1CCCC(O)C1. The zero-order valence-corrected chi connectivity index (χ0v) is 13.6. The number of rotatable bonds is 5. The Morgan fingerprint density at radius 3 is 3.12 bits per heavy atom. The van der Waals surface area contributed by atoms with E-state index in [1.54, 1.807) is 24.2 Å². The highest BCUT2D eigenvalue weighted by Gasteiger charge is 2.22. The fourth-order valence-corrected chi connectivity index (χ4v) is 2.70. The second-order valence-electron chi connectivity index (χ2n) is 6.01. The van der Waals surface area contributed by atoms with Gasteiger partial charge in [-0.05, 0) is 31.5 Å². The van der Waals surface area contributed by atoms with Gasteiger partial charge in [-0.2, -0.15) is 4.98 Å². The molecule has 1 atom stereocenters. The number of aromatic nitrogens is 3. The van der Waals surface area contributed by atoms with Crippen molar-refractivity contribution >= 4 is 5.91 Å². The molecule has 0 radical (unpaired) electrons. The van der Waals surface area contributed by atoms with Crippen LogP contribution in [0.15, 0.2) is 28.9 Å². The Morgan fingerprint density at radius 2 is 2.38 bits per heavy atom. The van der Waals surface area contributed by atoms with Crippen molar-refractivity contribution in [2.45, 2.75) is 25.5 Å². The number of likely N-dealkylation sites (tertiary alicyclic amines) is 1. The van der Waals surface area contributed by atoms with Crippen molar-refractivity contribution in [1.29, 1.82) is 0 Å². The zero-order chi connectivity index (χ0) is 16.9. The lowest BCUT2D eigenvalue weighted by molar-refractivity contribution is -0.132. The van der Waals surface area contributed by atoms with Gasteiger partial charge in [0.05, 0.1) is 19.2 Å². The Hall–Kier alpha value is -2.32. The summed E-state index contributed by atoms with van der Waals surface area (Å²) in [5, 5.41) is 13.6. The molecule has 0 aliphatic carbocycles. The van der Waals surface area contributed by atoms with Gasteiger partial charge in [0.15, 0.2) is 0 Å². The summed E-state index contributed by atoms with van der Waals surface area (Å²) in [5.41, 5.74) is 0.629. The third kappa shape index (κ3) is 4.15. The number of β-amino-alcohol motifs (C(OH)–C–C–N with tert-alkyl or cyclic N) is 1. The molecule has 0 aromatic carbocycles. The van der Waals surface area contributed by atoms with Gasteiger partial charge in [0, 0.05) is 19.8 Å². The van der Waals surface area contributed by atoms with Crippen molar-refractivity contribution in [3.63, 3.8) is 0 Å². The van der Waals surface area contributed by atoms with Crippen LogP contribution in [0.2, 0.25) is 0 Å². The van der Waals surface area contributed by atoms with E-state index in [1.807, 2.05) is 17.0 Å². The molecule has 2 aromatic heterocycles. The van der Waals surface area contributed by atoms with E-state index in [9.17, 15) is 9.90 Å². The molecule has 24 heavy (non-hydrogen) atoms. The molecule has 1 saturated heterocycles. The molecule has 0 spiro atoms. The first-order valence-corrected chi connectivity index (χ1v) is 8.00. The molecule has 0 saturated carbocycles. The summed E-state index contributed by atoms with van der Waals surface area (Å²) < 4.78 is 5.20. The number of aliphatic hydroxyl groups is 1. The van der Waals surface area contributed by atoms with Crippen LogP contribution in [-0.2, 0) is 11.3 Å². The van der Waals surface area contributed by atoms with Crippen molar-refractivity contribution < 1.29 is 14.4 Å². The normalized spacial score (nSPS) is 18.5. The first-order valence-electron chi connectivity index (χ1n) is 8.00. The summed E-state index contributed by atoms with van der Waals surface area (Å²) in [5.74, 6) is 0.734. The van der Waals surface area contributed by atoms with Crippen LogP contribution in [0.1, 0.15) is 18.7 Å². The predicted octanol–water partition coefficient (Wildman–Crippen LogP) is 0.547. The zero-order valence-electron chi connectivity index (χ0n) is 13.6. The predicted molar refractivity (Wildman–Crippen MR) is 85.7 cm³/mol. The number of carbonyl (C=O) groups excluding carboxylic acids is 1. The minimum Gasteiger partial charge on any atom is -0.392 e. The highest BCUT2D eigenvalue weighted by molar-refractivity contribution is 5.77. The largest absolute Gasteiger partial charge is 0.392 e. The Balaban J connectivity index is 1.55. The highest BCUT2D eigenvalue weighted by atomic mass is 16.5. The van der Waals surface area contributed by atoms with E-state index < -0.39 is 0 Å². The first-order chi connectivity index (χ1) is 11.6. The second kappa shape index (κ2) is 7.50. The Labute approximate surface area is 140 Å². The molecule has 1 amide bonds. The molecule has 0 bridgehead atoms. The van der Waals surface area contributed by atoms with Crippen molar-refractivity contribution in [3.8, 4) is 11.5 Å². The van der Waals surface area contributed by atoms with Crippen molar-refractivity contribution in [3.05, 3.63) is 30.3 Å². The lowest BCUT2D eigenvalue weighted by Crippen LogP contribution is -2.44. The molecule has 2 aromatic rings. The molecular formula is C16H21N5O3. The van der Waals surface area contributed by atoms with Crippen molar-refractivity contribution in [2.24, 2.45) is 0 Å². The number of hydrogen-bond acceptors (Lipinski definition) is 7. The van der Waals surface area contributed by atoms with Crippen LogP contribution in [0.3, 0.4) is 0 Å². The van der Waals surface area contributed by atoms with E-state index in [1.165, 1.54) is 0 Å². The second-order valence-corrected chi connectivity index (χ2v) is 6.01. The van der Waals surface area contributed by atoms with Gasteiger partial charge in [-0.3, -0.25) is 14.7 Å². The van der Waals surface area contributed by atoms with Gasteiger partial charge in [-0.1, -0.05) is 11.2 Å².